The van der Waals surface area contributed by atoms with Gasteiger partial charge in [0, 0.05) is 16.6 Å². The fourth-order valence-electron chi connectivity index (χ4n) is 2.24. The summed E-state index contributed by atoms with van der Waals surface area (Å²) < 4.78 is 37.4. The molecule has 6 heteroatoms. The van der Waals surface area contributed by atoms with E-state index in [1.165, 1.54) is 6.07 Å². The lowest BCUT2D eigenvalue weighted by atomic mass is 9.93. The summed E-state index contributed by atoms with van der Waals surface area (Å²) in [4.78, 5) is 0.195. The first-order valence-corrected chi connectivity index (χ1v) is 7.05. The van der Waals surface area contributed by atoms with E-state index in [4.69, 9.17) is 0 Å². The number of aliphatic hydroxyl groups excluding tert-OH is 1. The molecule has 1 aliphatic carbocycles. The van der Waals surface area contributed by atoms with Gasteiger partial charge in [-0.3, -0.25) is 0 Å². The molecular weight excluding hydrogens is 275 g/mol. The molecule has 0 saturated heterocycles. The number of benzene rings is 1. The largest absolute Gasteiger partial charge is 0.446 e. The van der Waals surface area contributed by atoms with E-state index in [9.17, 15) is 18.3 Å². The minimum Gasteiger partial charge on any atom is -0.393 e. The van der Waals surface area contributed by atoms with Gasteiger partial charge in [-0.1, -0.05) is 12.1 Å². The highest BCUT2D eigenvalue weighted by molar-refractivity contribution is 8.00. The van der Waals surface area contributed by atoms with Gasteiger partial charge >= 0.3 is 5.51 Å². The topological polar surface area (TPSA) is 32.3 Å². The average Bonchev–Trinajstić information content (AvgIpc) is 2.33. The lowest BCUT2D eigenvalue weighted by molar-refractivity contribution is -0.0327. The molecule has 0 aromatic heterocycles. The summed E-state index contributed by atoms with van der Waals surface area (Å²) in [5.41, 5.74) is -3.76. The van der Waals surface area contributed by atoms with Crippen LogP contribution in [0.1, 0.15) is 25.7 Å². The number of hydrogen-bond donors (Lipinski definition) is 2. The van der Waals surface area contributed by atoms with Crippen molar-refractivity contribution >= 4 is 17.4 Å². The lowest BCUT2D eigenvalue weighted by Crippen LogP contribution is -2.28. The summed E-state index contributed by atoms with van der Waals surface area (Å²) in [5.74, 6) is 0. The van der Waals surface area contributed by atoms with Crippen LogP contribution < -0.4 is 5.32 Å². The molecule has 2 N–H and O–H groups in total. The van der Waals surface area contributed by atoms with Gasteiger partial charge in [-0.05, 0) is 49.6 Å². The number of hydrogen-bond acceptors (Lipinski definition) is 3. The Bertz CT molecular complexity index is 417. The Kier molecular flexibility index (Phi) is 4.62. The molecule has 0 radical (unpaired) electrons. The molecule has 1 saturated carbocycles. The van der Waals surface area contributed by atoms with E-state index in [0.29, 0.717) is 18.5 Å². The van der Waals surface area contributed by atoms with Crippen LogP contribution in [0.4, 0.5) is 18.9 Å². The van der Waals surface area contributed by atoms with Crippen molar-refractivity contribution in [2.45, 2.75) is 48.2 Å². The van der Waals surface area contributed by atoms with Crippen molar-refractivity contribution in [1.82, 2.24) is 0 Å². The van der Waals surface area contributed by atoms with Crippen molar-refractivity contribution in [2.24, 2.45) is 0 Å². The van der Waals surface area contributed by atoms with E-state index >= 15 is 0 Å². The van der Waals surface area contributed by atoms with Crippen LogP contribution in [0.25, 0.3) is 0 Å². The highest BCUT2D eigenvalue weighted by Crippen LogP contribution is 2.40. The van der Waals surface area contributed by atoms with Crippen molar-refractivity contribution < 1.29 is 18.3 Å². The predicted octanol–water partition coefficient (Wildman–Crippen LogP) is 4.01. The van der Waals surface area contributed by atoms with Crippen molar-refractivity contribution in [3.05, 3.63) is 24.3 Å². The van der Waals surface area contributed by atoms with Crippen LogP contribution in [-0.2, 0) is 0 Å². The Morgan fingerprint density at radius 2 is 1.74 bits per heavy atom. The van der Waals surface area contributed by atoms with Crippen molar-refractivity contribution in [3.63, 3.8) is 0 Å². The van der Waals surface area contributed by atoms with Gasteiger partial charge < -0.3 is 10.4 Å². The molecule has 0 amide bonds. The maximum absolute atomic E-state index is 12.5. The number of rotatable bonds is 3. The van der Waals surface area contributed by atoms with Crippen molar-refractivity contribution in [1.29, 1.82) is 0 Å². The van der Waals surface area contributed by atoms with E-state index in [2.05, 4.69) is 5.32 Å². The third kappa shape index (κ3) is 4.62. The molecular formula is C13H16F3NOS. The summed E-state index contributed by atoms with van der Waals surface area (Å²) in [6, 6.07) is 6.60. The number of aliphatic hydroxyl groups is 1. The first-order valence-electron chi connectivity index (χ1n) is 6.23. The molecule has 1 aliphatic rings. The van der Waals surface area contributed by atoms with Crippen LogP contribution in [0.2, 0.25) is 0 Å². The summed E-state index contributed by atoms with van der Waals surface area (Å²) >= 11 is -0.0954. The molecule has 1 aromatic rings. The summed E-state index contributed by atoms with van der Waals surface area (Å²) in [5, 5.41) is 12.6. The van der Waals surface area contributed by atoms with Gasteiger partial charge in [-0.15, -0.1) is 0 Å². The van der Waals surface area contributed by atoms with E-state index < -0.39 is 5.51 Å². The maximum Gasteiger partial charge on any atom is 0.446 e. The van der Waals surface area contributed by atoms with Crippen molar-refractivity contribution in [3.8, 4) is 0 Å². The first kappa shape index (κ1) is 14.5. The van der Waals surface area contributed by atoms with E-state index in [1.54, 1.807) is 18.2 Å². The van der Waals surface area contributed by atoms with Crippen LogP contribution in [0, 0.1) is 0 Å². The number of halogens is 3. The molecule has 1 fully saturated rings. The van der Waals surface area contributed by atoms with Gasteiger partial charge in [-0.2, -0.15) is 13.2 Å². The fraction of sp³-hybridized carbons (Fsp3) is 0.538. The van der Waals surface area contributed by atoms with Crippen LogP contribution in [0.5, 0.6) is 0 Å². The van der Waals surface area contributed by atoms with E-state index in [-0.39, 0.29) is 28.8 Å². The van der Waals surface area contributed by atoms with Gasteiger partial charge in [0.25, 0.3) is 0 Å². The Balaban J connectivity index is 2.03. The Morgan fingerprint density at radius 3 is 2.37 bits per heavy atom. The quantitative estimate of drug-likeness (QED) is 0.825. The number of anilines is 1. The van der Waals surface area contributed by atoms with Gasteiger partial charge in [0.15, 0.2) is 0 Å². The van der Waals surface area contributed by atoms with Crippen LogP contribution in [0.15, 0.2) is 29.2 Å². The normalized spacial score (nSPS) is 24.2. The first-order chi connectivity index (χ1) is 8.94. The third-order valence-corrected chi connectivity index (χ3v) is 3.98. The third-order valence-electron chi connectivity index (χ3n) is 3.17. The molecule has 0 aliphatic heterocycles. The van der Waals surface area contributed by atoms with Crippen molar-refractivity contribution in [2.75, 3.05) is 5.32 Å². The summed E-state index contributed by atoms with van der Waals surface area (Å²) in [6.45, 7) is 0. The lowest BCUT2D eigenvalue weighted by Gasteiger charge is -2.27. The zero-order valence-corrected chi connectivity index (χ0v) is 11.1. The number of para-hydroxylation sites is 1. The Hall–Kier alpha value is -0.880. The van der Waals surface area contributed by atoms with E-state index in [0.717, 1.165) is 12.8 Å². The minimum absolute atomic E-state index is 0.0954. The van der Waals surface area contributed by atoms with Gasteiger partial charge in [0.2, 0.25) is 0 Å². The standard InChI is InChI=1S/C13H16F3NOS/c14-13(15,16)19-12-4-2-1-3-11(12)17-9-5-7-10(18)8-6-9/h1-4,9-10,17-18H,5-8H2. The zero-order chi connectivity index (χ0) is 13.9. The summed E-state index contributed by atoms with van der Waals surface area (Å²) in [6.07, 6.45) is 2.70. The molecule has 0 bridgehead atoms. The van der Waals surface area contributed by atoms with Crippen LogP contribution in [-0.4, -0.2) is 22.8 Å². The Labute approximate surface area is 114 Å². The predicted molar refractivity (Wildman–Crippen MR) is 70.2 cm³/mol. The molecule has 0 unspecified atom stereocenters. The minimum atomic E-state index is -4.28. The molecule has 0 heterocycles. The fourth-order valence-corrected chi connectivity index (χ4v) is 2.87. The molecule has 0 spiro atoms. The molecule has 0 atom stereocenters. The molecule has 2 nitrogen and oxygen atoms in total. The zero-order valence-electron chi connectivity index (χ0n) is 10.3. The highest BCUT2D eigenvalue weighted by Gasteiger charge is 2.30. The molecule has 106 valence electrons. The maximum atomic E-state index is 12.5. The van der Waals surface area contributed by atoms with Crippen LogP contribution >= 0.6 is 11.8 Å². The summed E-state index contributed by atoms with van der Waals surface area (Å²) in [7, 11) is 0. The number of thioether (sulfide) groups is 1. The number of alkyl halides is 3. The van der Waals surface area contributed by atoms with E-state index in [1.807, 2.05) is 0 Å². The van der Waals surface area contributed by atoms with Crippen LogP contribution in [0.3, 0.4) is 0 Å². The SMILES string of the molecule is OC1CCC(Nc2ccccc2SC(F)(F)F)CC1. The second-order valence-electron chi connectivity index (χ2n) is 4.69. The van der Waals surface area contributed by atoms with Gasteiger partial charge in [-0.25, -0.2) is 0 Å². The second kappa shape index (κ2) is 6.05. The average molecular weight is 291 g/mol. The number of nitrogens with one attached hydrogen (secondary N) is 1. The second-order valence-corrected chi connectivity index (χ2v) is 5.80. The van der Waals surface area contributed by atoms with Gasteiger partial charge in [0.05, 0.1) is 6.10 Å². The Morgan fingerprint density at radius 1 is 1.11 bits per heavy atom. The molecule has 19 heavy (non-hydrogen) atoms. The smallest absolute Gasteiger partial charge is 0.393 e. The van der Waals surface area contributed by atoms with Gasteiger partial charge in [0.1, 0.15) is 0 Å². The monoisotopic (exact) mass is 291 g/mol. The highest BCUT2D eigenvalue weighted by atomic mass is 32.2. The molecule has 1 aromatic carbocycles. The molecule has 2 rings (SSSR count).